The van der Waals surface area contributed by atoms with Crippen molar-refractivity contribution < 1.29 is 4.79 Å². The van der Waals surface area contributed by atoms with Gasteiger partial charge in [0.1, 0.15) is 23.8 Å². The van der Waals surface area contributed by atoms with Gasteiger partial charge in [0.15, 0.2) is 5.65 Å². The first-order chi connectivity index (χ1) is 14.4. The summed E-state index contributed by atoms with van der Waals surface area (Å²) in [7, 11) is 0. The van der Waals surface area contributed by atoms with Crippen LogP contribution in [0.4, 0.5) is 0 Å². The van der Waals surface area contributed by atoms with Crippen molar-refractivity contribution in [3.8, 4) is 11.8 Å². The SMILES string of the molecule is Cc1cc(C)cc(-n2ncc3c(=O)n(CC(=O)NC4(C#N)CCCCC4)cnc32)c1. The molecule has 3 aromatic rings. The monoisotopic (exact) mass is 404 g/mol. The molecule has 0 unspecified atom stereocenters. The van der Waals surface area contributed by atoms with Gasteiger partial charge in [-0.3, -0.25) is 14.2 Å². The summed E-state index contributed by atoms with van der Waals surface area (Å²) in [6.07, 6.45) is 7.04. The van der Waals surface area contributed by atoms with Gasteiger partial charge in [-0.15, -0.1) is 0 Å². The molecule has 2 heterocycles. The minimum Gasteiger partial charge on any atom is -0.336 e. The predicted octanol–water partition coefficient (Wildman–Crippen LogP) is 2.54. The molecule has 1 aromatic carbocycles. The summed E-state index contributed by atoms with van der Waals surface area (Å²) in [5, 5.41) is 17.1. The molecule has 1 aliphatic rings. The van der Waals surface area contributed by atoms with Gasteiger partial charge in [-0.2, -0.15) is 10.4 Å². The standard InChI is InChI=1S/C22H24N6O2/c1-15-8-16(2)10-17(9-15)28-20-18(11-25-28)21(30)27(14-24-20)12-19(29)26-22(13-23)6-4-3-5-7-22/h8-11,14H,3-7,12H2,1-2H3,(H,26,29). The fourth-order valence-electron chi connectivity index (χ4n) is 4.20. The molecule has 2 aromatic heterocycles. The molecule has 30 heavy (non-hydrogen) atoms. The Morgan fingerprint density at radius 3 is 2.57 bits per heavy atom. The van der Waals surface area contributed by atoms with Crippen LogP contribution in [-0.2, 0) is 11.3 Å². The average molecular weight is 404 g/mol. The Hall–Kier alpha value is -3.47. The molecule has 1 amide bonds. The molecule has 0 spiro atoms. The second-order valence-corrected chi connectivity index (χ2v) is 8.12. The van der Waals surface area contributed by atoms with Crippen molar-refractivity contribution in [2.45, 2.75) is 58.0 Å². The van der Waals surface area contributed by atoms with E-state index < -0.39 is 5.54 Å². The quantitative estimate of drug-likeness (QED) is 0.719. The molecule has 0 atom stereocenters. The number of nitriles is 1. The molecule has 1 fully saturated rings. The topological polar surface area (TPSA) is 106 Å². The van der Waals surface area contributed by atoms with E-state index in [1.807, 2.05) is 26.0 Å². The van der Waals surface area contributed by atoms with Crippen molar-refractivity contribution in [1.29, 1.82) is 5.26 Å². The number of benzene rings is 1. The number of aromatic nitrogens is 4. The van der Waals surface area contributed by atoms with Crippen LogP contribution >= 0.6 is 0 Å². The van der Waals surface area contributed by atoms with Crippen LogP contribution in [0.15, 0.2) is 35.5 Å². The Morgan fingerprint density at radius 2 is 1.90 bits per heavy atom. The third-order valence-electron chi connectivity index (χ3n) is 5.62. The lowest BCUT2D eigenvalue weighted by molar-refractivity contribution is -0.123. The average Bonchev–Trinajstić information content (AvgIpc) is 3.15. The second kappa shape index (κ2) is 7.75. The number of aryl methyl sites for hydroxylation is 2. The molecule has 154 valence electrons. The van der Waals surface area contributed by atoms with E-state index in [1.165, 1.54) is 17.1 Å². The number of rotatable bonds is 4. The first kappa shape index (κ1) is 19.8. The Morgan fingerprint density at radius 1 is 1.20 bits per heavy atom. The maximum atomic E-state index is 12.9. The zero-order valence-electron chi connectivity index (χ0n) is 17.2. The van der Waals surface area contributed by atoms with E-state index in [1.54, 1.807) is 4.68 Å². The van der Waals surface area contributed by atoms with Crippen molar-refractivity contribution in [3.63, 3.8) is 0 Å². The van der Waals surface area contributed by atoms with Crippen molar-refractivity contribution >= 4 is 16.9 Å². The van der Waals surface area contributed by atoms with E-state index >= 15 is 0 Å². The van der Waals surface area contributed by atoms with Gasteiger partial charge >= 0.3 is 0 Å². The van der Waals surface area contributed by atoms with Crippen LogP contribution in [0.2, 0.25) is 0 Å². The summed E-state index contributed by atoms with van der Waals surface area (Å²) >= 11 is 0. The van der Waals surface area contributed by atoms with Crippen LogP contribution in [0.25, 0.3) is 16.7 Å². The predicted molar refractivity (Wildman–Crippen MR) is 112 cm³/mol. The smallest absolute Gasteiger partial charge is 0.264 e. The van der Waals surface area contributed by atoms with Crippen LogP contribution in [0.3, 0.4) is 0 Å². The molecule has 0 bridgehead atoms. The first-order valence-corrected chi connectivity index (χ1v) is 10.1. The van der Waals surface area contributed by atoms with E-state index in [0.717, 1.165) is 36.1 Å². The highest BCUT2D eigenvalue weighted by molar-refractivity contribution is 5.78. The van der Waals surface area contributed by atoms with Crippen molar-refractivity contribution in [2.75, 3.05) is 0 Å². The minimum atomic E-state index is -0.829. The van der Waals surface area contributed by atoms with Crippen LogP contribution < -0.4 is 10.9 Å². The number of carbonyl (C=O) groups excluding carboxylic acids is 1. The number of hydrogen-bond donors (Lipinski definition) is 1. The van der Waals surface area contributed by atoms with Crippen LogP contribution in [0, 0.1) is 25.2 Å². The van der Waals surface area contributed by atoms with Gasteiger partial charge in [-0.25, -0.2) is 9.67 Å². The number of carbonyl (C=O) groups is 1. The molecular weight excluding hydrogens is 380 g/mol. The Bertz CT molecular complexity index is 1190. The van der Waals surface area contributed by atoms with Crippen LogP contribution in [0.5, 0.6) is 0 Å². The summed E-state index contributed by atoms with van der Waals surface area (Å²) in [5.74, 6) is -0.358. The van der Waals surface area contributed by atoms with E-state index in [4.69, 9.17) is 0 Å². The summed E-state index contributed by atoms with van der Waals surface area (Å²) in [6, 6.07) is 8.28. The number of hydrogen-bond acceptors (Lipinski definition) is 5. The lowest BCUT2D eigenvalue weighted by atomic mass is 9.83. The van der Waals surface area contributed by atoms with Crippen molar-refractivity contribution in [2.24, 2.45) is 0 Å². The van der Waals surface area contributed by atoms with Gasteiger partial charge in [-0.1, -0.05) is 25.3 Å². The zero-order chi connectivity index (χ0) is 21.3. The molecule has 0 radical (unpaired) electrons. The van der Waals surface area contributed by atoms with Gasteiger partial charge < -0.3 is 5.32 Å². The second-order valence-electron chi connectivity index (χ2n) is 8.12. The van der Waals surface area contributed by atoms with Crippen LogP contribution in [-0.4, -0.2) is 30.8 Å². The fraction of sp³-hybridized carbons (Fsp3) is 0.409. The normalized spacial score (nSPS) is 15.6. The number of nitrogens with one attached hydrogen (secondary N) is 1. The molecule has 8 heteroatoms. The molecule has 1 aliphatic carbocycles. The highest BCUT2D eigenvalue weighted by Gasteiger charge is 2.33. The summed E-state index contributed by atoms with van der Waals surface area (Å²) in [5.41, 5.74) is 2.30. The van der Waals surface area contributed by atoms with Crippen LogP contribution in [0.1, 0.15) is 43.2 Å². The maximum Gasteiger partial charge on any atom is 0.264 e. The zero-order valence-corrected chi connectivity index (χ0v) is 17.2. The minimum absolute atomic E-state index is 0.181. The molecule has 1 saturated carbocycles. The molecule has 8 nitrogen and oxygen atoms in total. The van der Waals surface area contributed by atoms with E-state index in [9.17, 15) is 14.9 Å². The van der Waals surface area contributed by atoms with Gasteiger partial charge in [0, 0.05) is 0 Å². The highest BCUT2D eigenvalue weighted by Crippen LogP contribution is 2.27. The third-order valence-corrected chi connectivity index (χ3v) is 5.62. The first-order valence-electron chi connectivity index (χ1n) is 10.1. The van der Waals surface area contributed by atoms with E-state index in [0.29, 0.717) is 23.9 Å². The molecule has 4 rings (SSSR count). The molecule has 0 saturated heterocycles. The Labute approximate surface area is 174 Å². The molecule has 1 N–H and O–H groups in total. The third kappa shape index (κ3) is 3.71. The maximum absolute atomic E-state index is 12.9. The summed E-state index contributed by atoms with van der Waals surface area (Å²) in [6.45, 7) is 3.82. The van der Waals surface area contributed by atoms with E-state index in [2.05, 4.69) is 27.5 Å². The number of fused-ring (bicyclic) bond motifs is 1. The number of amides is 1. The summed E-state index contributed by atoms with van der Waals surface area (Å²) < 4.78 is 2.90. The van der Waals surface area contributed by atoms with Gasteiger partial charge in [0.25, 0.3) is 5.56 Å². The molecule has 0 aliphatic heterocycles. The van der Waals surface area contributed by atoms with Gasteiger partial charge in [0.05, 0.1) is 18.0 Å². The lowest BCUT2D eigenvalue weighted by Gasteiger charge is -2.31. The van der Waals surface area contributed by atoms with Crippen molar-refractivity contribution in [1.82, 2.24) is 24.6 Å². The largest absolute Gasteiger partial charge is 0.336 e. The molecular formula is C22H24N6O2. The highest BCUT2D eigenvalue weighted by atomic mass is 16.2. The van der Waals surface area contributed by atoms with E-state index in [-0.39, 0.29) is 18.0 Å². The van der Waals surface area contributed by atoms with Crippen molar-refractivity contribution in [3.05, 3.63) is 52.2 Å². The van der Waals surface area contributed by atoms with Gasteiger partial charge in [0.2, 0.25) is 5.91 Å². The Kier molecular flexibility index (Phi) is 5.12. The van der Waals surface area contributed by atoms with Gasteiger partial charge in [-0.05, 0) is 49.9 Å². The fourth-order valence-corrected chi connectivity index (χ4v) is 4.20. The Balaban J connectivity index is 1.61. The lowest BCUT2D eigenvalue weighted by Crippen LogP contribution is -2.50. The number of nitrogens with zero attached hydrogens (tertiary/aromatic N) is 5. The summed E-state index contributed by atoms with van der Waals surface area (Å²) in [4.78, 5) is 29.9.